The van der Waals surface area contributed by atoms with Crippen LogP contribution < -0.4 is 5.32 Å². The van der Waals surface area contributed by atoms with E-state index in [1.807, 2.05) is 11.3 Å². The van der Waals surface area contributed by atoms with Crippen LogP contribution in [0.4, 0.5) is 0 Å². The van der Waals surface area contributed by atoms with E-state index in [9.17, 15) is 0 Å². The minimum absolute atomic E-state index is 0.297. The Morgan fingerprint density at radius 3 is 2.50 bits per heavy atom. The van der Waals surface area contributed by atoms with E-state index in [-0.39, 0.29) is 0 Å². The van der Waals surface area contributed by atoms with E-state index in [0.29, 0.717) is 10.8 Å². The molecule has 16 heavy (non-hydrogen) atoms. The summed E-state index contributed by atoms with van der Waals surface area (Å²) in [5.74, 6) is 0. The quantitative estimate of drug-likeness (QED) is 0.836. The molecule has 0 aromatic carbocycles. The smallest absolute Gasteiger partial charge is 0.0300 e. The maximum absolute atomic E-state index is 3.58. The van der Waals surface area contributed by atoms with Crippen molar-refractivity contribution in [1.82, 2.24) is 5.32 Å². The molecule has 0 unspecified atom stereocenters. The molecule has 1 nitrogen and oxygen atoms in total. The summed E-state index contributed by atoms with van der Waals surface area (Å²) in [7, 11) is 0. The number of hydrogen-bond donors (Lipinski definition) is 1. The van der Waals surface area contributed by atoms with Crippen LogP contribution in [0.1, 0.15) is 50.3 Å². The summed E-state index contributed by atoms with van der Waals surface area (Å²) in [4.78, 5) is 2.95. The topological polar surface area (TPSA) is 12.0 Å². The van der Waals surface area contributed by atoms with Crippen molar-refractivity contribution in [1.29, 1.82) is 0 Å². The lowest BCUT2D eigenvalue weighted by Crippen LogP contribution is -2.20. The summed E-state index contributed by atoms with van der Waals surface area (Å²) >= 11 is 1.95. The Labute approximate surface area is 103 Å². The Hall–Kier alpha value is -0.340. The van der Waals surface area contributed by atoms with Crippen LogP contribution in [0.5, 0.6) is 0 Å². The molecule has 0 atom stereocenters. The number of thiophene rings is 1. The van der Waals surface area contributed by atoms with Gasteiger partial charge in [0.25, 0.3) is 0 Å². The second kappa shape index (κ2) is 4.15. The van der Waals surface area contributed by atoms with E-state index < -0.39 is 0 Å². The van der Waals surface area contributed by atoms with Gasteiger partial charge in [0.05, 0.1) is 0 Å². The molecule has 1 aliphatic rings. The Bertz CT molecular complexity index is 355. The largest absolute Gasteiger partial charge is 0.311 e. The van der Waals surface area contributed by atoms with Gasteiger partial charge in [-0.05, 0) is 35.8 Å². The third-order valence-electron chi connectivity index (χ3n) is 3.36. The lowest BCUT2D eigenvalue weighted by molar-refractivity contribution is 0.501. The first-order valence-electron chi connectivity index (χ1n) is 6.19. The molecule has 1 saturated carbocycles. The normalized spacial score (nSPS) is 18.8. The van der Waals surface area contributed by atoms with Crippen molar-refractivity contribution < 1.29 is 0 Å². The molecule has 2 heteroatoms. The van der Waals surface area contributed by atoms with Crippen molar-refractivity contribution in [2.45, 2.75) is 52.5 Å². The summed E-state index contributed by atoms with van der Waals surface area (Å²) in [5, 5.41) is 3.58. The minimum Gasteiger partial charge on any atom is -0.311 e. The van der Waals surface area contributed by atoms with Crippen molar-refractivity contribution >= 4 is 11.3 Å². The van der Waals surface area contributed by atoms with E-state index in [4.69, 9.17) is 0 Å². The average molecular weight is 237 g/mol. The molecule has 0 spiro atoms. The summed E-state index contributed by atoms with van der Waals surface area (Å²) in [6.07, 6.45) is 2.80. The zero-order valence-electron chi connectivity index (χ0n) is 10.9. The lowest BCUT2D eigenvalue weighted by atomic mass is 9.95. The van der Waals surface area contributed by atoms with Crippen molar-refractivity contribution in [2.24, 2.45) is 5.41 Å². The average Bonchev–Trinajstić information content (AvgIpc) is 2.73. The van der Waals surface area contributed by atoms with Crippen LogP contribution in [0.25, 0.3) is 0 Å². The van der Waals surface area contributed by atoms with Crippen LogP contribution in [0.3, 0.4) is 0 Å². The Morgan fingerprint density at radius 1 is 1.31 bits per heavy atom. The summed E-state index contributed by atoms with van der Waals surface area (Å²) in [6.45, 7) is 11.4. The van der Waals surface area contributed by atoms with Crippen molar-refractivity contribution in [3.05, 3.63) is 21.9 Å². The van der Waals surface area contributed by atoms with E-state index in [1.54, 1.807) is 0 Å². The standard InChI is InChI=1S/C14H23NS/c1-13(2,3)12-6-5-11(16-12)9-15-10-14(4)7-8-14/h5-6,15H,7-10H2,1-4H3. The van der Waals surface area contributed by atoms with Crippen molar-refractivity contribution in [2.75, 3.05) is 6.54 Å². The molecule has 1 fully saturated rings. The van der Waals surface area contributed by atoms with Crippen LogP contribution in [0.15, 0.2) is 12.1 Å². The van der Waals surface area contributed by atoms with Crippen molar-refractivity contribution in [3.63, 3.8) is 0 Å². The Kier molecular flexibility index (Phi) is 3.15. The minimum atomic E-state index is 0.297. The maximum Gasteiger partial charge on any atom is 0.0300 e. The first-order valence-corrected chi connectivity index (χ1v) is 7.01. The monoisotopic (exact) mass is 237 g/mol. The van der Waals surface area contributed by atoms with Gasteiger partial charge in [-0.3, -0.25) is 0 Å². The molecule has 0 amide bonds. The molecule has 1 aromatic rings. The second-order valence-electron chi connectivity index (χ2n) is 6.43. The fourth-order valence-electron chi connectivity index (χ4n) is 1.75. The van der Waals surface area contributed by atoms with E-state index in [2.05, 4.69) is 45.1 Å². The van der Waals surface area contributed by atoms with Gasteiger partial charge in [0.1, 0.15) is 0 Å². The summed E-state index contributed by atoms with van der Waals surface area (Å²) in [6, 6.07) is 4.55. The molecule has 0 bridgehead atoms. The molecular weight excluding hydrogens is 214 g/mol. The third-order valence-corrected chi connectivity index (χ3v) is 4.87. The second-order valence-corrected chi connectivity index (χ2v) is 7.60. The molecule has 1 aromatic heterocycles. The Balaban J connectivity index is 1.83. The van der Waals surface area contributed by atoms with Gasteiger partial charge >= 0.3 is 0 Å². The molecule has 2 rings (SSSR count). The first kappa shape index (κ1) is 12.1. The highest BCUT2D eigenvalue weighted by Gasteiger charge is 2.36. The van der Waals surface area contributed by atoms with Gasteiger partial charge in [0, 0.05) is 22.8 Å². The number of hydrogen-bond acceptors (Lipinski definition) is 2. The predicted octanol–water partition coefficient (Wildman–Crippen LogP) is 3.94. The molecule has 1 aliphatic carbocycles. The zero-order valence-corrected chi connectivity index (χ0v) is 11.7. The van der Waals surface area contributed by atoms with Gasteiger partial charge in [-0.2, -0.15) is 0 Å². The molecule has 0 aliphatic heterocycles. The number of nitrogens with one attached hydrogen (secondary N) is 1. The van der Waals surface area contributed by atoms with Crippen LogP contribution in [0.2, 0.25) is 0 Å². The molecular formula is C14H23NS. The third kappa shape index (κ3) is 3.08. The predicted molar refractivity (Wildman–Crippen MR) is 72.1 cm³/mol. The van der Waals surface area contributed by atoms with Gasteiger partial charge in [0.2, 0.25) is 0 Å². The molecule has 1 heterocycles. The van der Waals surface area contributed by atoms with Crippen molar-refractivity contribution in [3.8, 4) is 0 Å². The van der Waals surface area contributed by atoms with E-state index in [1.165, 1.54) is 29.1 Å². The SMILES string of the molecule is CC1(CNCc2ccc(C(C)(C)C)s2)CC1. The molecule has 0 radical (unpaired) electrons. The van der Waals surface area contributed by atoms with Crippen LogP contribution in [-0.4, -0.2) is 6.54 Å². The lowest BCUT2D eigenvalue weighted by Gasteiger charge is -2.15. The fraction of sp³-hybridized carbons (Fsp3) is 0.714. The highest BCUT2D eigenvalue weighted by molar-refractivity contribution is 7.12. The van der Waals surface area contributed by atoms with Crippen LogP contribution in [-0.2, 0) is 12.0 Å². The van der Waals surface area contributed by atoms with Gasteiger partial charge < -0.3 is 5.32 Å². The maximum atomic E-state index is 3.58. The molecule has 0 saturated heterocycles. The molecule has 90 valence electrons. The van der Waals surface area contributed by atoms with Gasteiger partial charge in [-0.15, -0.1) is 11.3 Å². The highest BCUT2D eigenvalue weighted by atomic mass is 32.1. The van der Waals surface area contributed by atoms with E-state index in [0.717, 1.165) is 6.54 Å². The van der Waals surface area contributed by atoms with Crippen LogP contribution in [0, 0.1) is 5.41 Å². The first-order chi connectivity index (χ1) is 7.39. The zero-order chi connectivity index (χ0) is 11.8. The summed E-state index contributed by atoms with van der Waals surface area (Å²) in [5.41, 5.74) is 0.912. The van der Waals surface area contributed by atoms with E-state index >= 15 is 0 Å². The van der Waals surface area contributed by atoms with Gasteiger partial charge in [0.15, 0.2) is 0 Å². The summed E-state index contributed by atoms with van der Waals surface area (Å²) < 4.78 is 0. The van der Waals surface area contributed by atoms with Gasteiger partial charge in [-0.25, -0.2) is 0 Å². The van der Waals surface area contributed by atoms with Crippen LogP contribution >= 0.6 is 11.3 Å². The Morgan fingerprint density at radius 2 is 2.00 bits per heavy atom. The van der Waals surface area contributed by atoms with Gasteiger partial charge in [-0.1, -0.05) is 27.7 Å². The number of rotatable bonds is 4. The fourth-order valence-corrected chi connectivity index (χ4v) is 2.79. The molecule has 1 N–H and O–H groups in total. The highest BCUT2D eigenvalue weighted by Crippen LogP contribution is 2.44.